The molecule has 1 aromatic rings. The molecule has 3 nitrogen and oxygen atoms in total. The molecule has 0 aromatic heterocycles. The van der Waals surface area contributed by atoms with Crippen LogP contribution in [0.3, 0.4) is 0 Å². The lowest BCUT2D eigenvalue weighted by atomic mass is 10.2. The molecule has 0 bridgehead atoms. The Kier molecular flexibility index (Phi) is 6.36. The largest absolute Gasteiger partial charge is 0.339 e. The van der Waals surface area contributed by atoms with Crippen LogP contribution < -0.4 is 0 Å². The van der Waals surface area contributed by atoms with Gasteiger partial charge in [0.05, 0.1) is 0 Å². The van der Waals surface area contributed by atoms with Gasteiger partial charge in [0.25, 0.3) is 5.91 Å². The van der Waals surface area contributed by atoms with Crippen LogP contribution in [0, 0.1) is 0 Å². The zero-order valence-electron chi connectivity index (χ0n) is 11.3. The minimum atomic E-state index is 0.109. The molecule has 0 saturated carbocycles. The molecule has 0 aliphatic heterocycles. The Bertz CT molecular complexity index is 393. The molecule has 0 saturated heterocycles. The Morgan fingerprint density at radius 3 is 2.56 bits per heavy atom. The second-order valence-electron chi connectivity index (χ2n) is 4.55. The van der Waals surface area contributed by atoms with E-state index in [2.05, 4.69) is 20.8 Å². The maximum atomic E-state index is 12.3. The summed E-state index contributed by atoms with van der Waals surface area (Å²) in [6, 6.07) is 7.56. The standard InChI is InChI=1S/C14H21BrN2O/c1-4-17(10-6-9-16(2)3)14(18)12-7-5-8-13(15)11-12/h5,7-8,11H,4,6,9-10H2,1-3H3. The molecule has 4 heteroatoms. The first-order valence-corrected chi connectivity index (χ1v) is 7.03. The Morgan fingerprint density at radius 1 is 1.28 bits per heavy atom. The number of amides is 1. The SMILES string of the molecule is CCN(CCCN(C)C)C(=O)c1cccc(Br)c1. The van der Waals surface area contributed by atoms with Crippen LogP contribution in [-0.2, 0) is 0 Å². The van der Waals surface area contributed by atoms with Gasteiger partial charge < -0.3 is 9.80 Å². The van der Waals surface area contributed by atoms with Gasteiger partial charge in [-0.15, -0.1) is 0 Å². The molecule has 0 heterocycles. The fraction of sp³-hybridized carbons (Fsp3) is 0.500. The van der Waals surface area contributed by atoms with E-state index in [-0.39, 0.29) is 5.91 Å². The number of nitrogens with zero attached hydrogens (tertiary/aromatic N) is 2. The molecule has 0 aliphatic rings. The van der Waals surface area contributed by atoms with Crippen LogP contribution in [-0.4, -0.2) is 49.4 Å². The highest BCUT2D eigenvalue weighted by atomic mass is 79.9. The van der Waals surface area contributed by atoms with Crippen molar-refractivity contribution >= 4 is 21.8 Å². The van der Waals surface area contributed by atoms with Crippen molar-refractivity contribution in [3.63, 3.8) is 0 Å². The molecule has 0 aliphatic carbocycles. The Morgan fingerprint density at radius 2 is 2.00 bits per heavy atom. The Labute approximate surface area is 118 Å². The molecule has 18 heavy (non-hydrogen) atoms. The monoisotopic (exact) mass is 312 g/mol. The second-order valence-corrected chi connectivity index (χ2v) is 5.47. The maximum Gasteiger partial charge on any atom is 0.253 e. The highest BCUT2D eigenvalue weighted by Gasteiger charge is 2.13. The molecule has 0 atom stereocenters. The van der Waals surface area contributed by atoms with Crippen LogP contribution in [0.5, 0.6) is 0 Å². The number of halogens is 1. The molecule has 0 spiro atoms. The lowest BCUT2D eigenvalue weighted by molar-refractivity contribution is 0.0759. The zero-order valence-corrected chi connectivity index (χ0v) is 12.9. The summed E-state index contributed by atoms with van der Waals surface area (Å²) in [4.78, 5) is 16.3. The van der Waals surface area contributed by atoms with Crippen LogP contribution in [0.1, 0.15) is 23.7 Å². The first-order chi connectivity index (χ1) is 8.54. The first-order valence-electron chi connectivity index (χ1n) is 6.24. The van der Waals surface area contributed by atoms with Crippen molar-refractivity contribution in [3.8, 4) is 0 Å². The van der Waals surface area contributed by atoms with Crippen molar-refractivity contribution in [2.75, 3.05) is 33.7 Å². The summed E-state index contributed by atoms with van der Waals surface area (Å²) in [5.41, 5.74) is 0.746. The molecule has 0 unspecified atom stereocenters. The number of benzene rings is 1. The van der Waals surface area contributed by atoms with E-state index in [1.54, 1.807) is 0 Å². The number of carbonyl (C=O) groups is 1. The van der Waals surface area contributed by atoms with Crippen LogP contribution in [0.2, 0.25) is 0 Å². The summed E-state index contributed by atoms with van der Waals surface area (Å²) in [5, 5.41) is 0. The lowest BCUT2D eigenvalue weighted by Crippen LogP contribution is -2.33. The highest BCUT2D eigenvalue weighted by Crippen LogP contribution is 2.13. The van der Waals surface area contributed by atoms with Gasteiger partial charge in [-0.1, -0.05) is 22.0 Å². The van der Waals surface area contributed by atoms with Crippen LogP contribution in [0.15, 0.2) is 28.7 Å². The van der Waals surface area contributed by atoms with E-state index in [9.17, 15) is 4.79 Å². The van der Waals surface area contributed by atoms with Gasteiger partial charge in [0.2, 0.25) is 0 Å². The maximum absolute atomic E-state index is 12.3. The quantitative estimate of drug-likeness (QED) is 0.806. The van der Waals surface area contributed by atoms with E-state index in [1.165, 1.54) is 0 Å². The summed E-state index contributed by atoms with van der Waals surface area (Å²) < 4.78 is 0.942. The summed E-state index contributed by atoms with van der Waals surface area (Å²) in [7, 11) is 4.10. The van der Waals surface area contributed by atoms with Crippen LogP contribution in [0.4, 0.5) is 0 Å². The topological polar surface area (TPSA) is 23.6 Å². The molecule has 100 valence electrons. The highest BCUT2D eigenvalue weighted by molar-refractivity contribution is 9.10. The van der Waals surface area contributed by atoms with Gasteiger partial charge in [0, 0.05) is 23.1 Å². The van der Waals surface area contributed by atoms with E-state index >= 15 is 0 Å². The number of hydrogen-bond acceptors (Lipinski definition) is 2. The van der Waals surface area contributed by atoms with Crippen molar-refractivity contribution in [1.82, 2.24) is 9.80 Å². The average molecular weight is 313 g/mol. The van der Waals surface area contributed by atoms with Gasteiger partial charge in [0.15, 0.2) is 0 Å². The average Bonchev–Trinajstić information content (AvgIpc) is 2.33. The minimum absolute atomic E-state index is 0.109. The van der Waals surface area contributed by atoms with Crippen molar-refractivity contribution in [3.05, 3.63) is 34.3 Å². The van der Waals surface area contributed by atoms with Gasteiger partial charge >= 0.3 is 0 Å². The Balaban J connectivity index is 2.62. The number of carbonyl (C=O) groups excluding carboxylic acids is 1. The lowest BCUT2D eigenvalue weighted by Gasteiger charge is -2.22. The van der Waals surface area contributed by atoms with E-state index in [0.29, 0.717) is 0 Å². The third kappa shape index (κ3) is 4.78. The van der Waals surface area contributed by atoms with Crippen molar-refractivity contribution in [2.45, 2.75) is 13.3 Å². The molecule has 1 rings (SSSR count). The van der Waals surface area contributed by atoms with Gasteiger partial charge in [-0.05, 0) is 52.2 Å². The Hall–Kier alpha value is -0.870. The molecule has 1 amide bonds. The van der Waals surface area contributed by atoms with Crippen LogP contribution >= 0.6 is 15.9 Å². The van der Waals surface area contributed by atoms with E-state index in [4.69, 9.17) is 0 Å². The van der Waals surface area contributed by atoms with Gasteiger partial charge in [-0.25, -0.2) is 0 Å². The van der Waals surface area contributed by atoms with Gasteiger partial charge in [-0.3, -0.25) is 4.79 Å². The molecular weight excluding hydrogens is 292 g/mol. The van der Waals surface area contributed by atoms with Crippen LogP contribution in [0.25, 0.3) is 0 Å². The summed E-state index contributed by atoms with van der Waals surface area (Å²) in [6.07, 6.45) is 1.00. The van der Waals surface area contributed by atoms with Crippen molar-refractivity contribution in [1.29, 1.82) is 0 Å². The van der Waals surface area contributed by atoms with Gasteiger partial charge in [-0.2, -0.15) is 0 Å². The molecule has 0 N–H and O–H groups in total. The fourth-order valence-corrected chi connectivity index (χ4v) is 2.18. The predicted octanol–water partition coefficient (Wildman–Crippen LogP) is 2.86. The second kappa shape index (κ2) is 7.54. The summed E-state index contributed by atoms with van der Waals surface area (Å²) in [5.74, 6) is 0.109. The predicted molar refractivity (Wildman–Crippen MR) is 78.9 cm³/mol. The number of rotatable bonds is 6. The third-order valence-electron chi connectivity index (χ3n) is 2.77. The van der Waals surface area contributed by atoms with Crippen molar-refractivity contribution < 1.29 is 4.79 Å². The van der Waals surface area contributed by atoms with E-state index < -0.39 is 0 Å². The third-order valence-corrected chi connectivity index (χ3v) is 3.27. The minimum Gasteiger partial charge on any atom is -0.339 e. The summed E-state index contributed by atoms with van der Waals surface area (Å²) in [6.45, 7) is 4.58. The zero-order chi connectivity index (χ0) is 13.5. The van der Waals surface area contributed by atoms with E-state index in [0.717, 1.165) is 36.1 Å². The molecule has 0 fully saturated rings. The molecule has 0 radical (unpaired) electrons. The van der Waals surface area contributed by atoms with E-state index in [1.807, 2.05) is 50.2 Å². The fourth-order valence-electron chi connectivity index (χ4n) is 1.79. The molecular formula is C14H21BrN2O. The molecule has 1 aromatic carbocycles. The van der Waals surface area contributed by atoms with Gasteiger partial charge in [0.1, 0.15) is 0 Å². The first kappa shape index (κ1) is 15.2. The number of hydrogen-bond donors (Lipinski definition) is 0. The normalized spacial score (nSPS) is 10.7. The smallest absolute Gasteiger partial charge is 0.253 e. The van der Waals surface area contributed by atoms with Crippen molar-refractivity contribution in [2.24, 2.45) is 0 Å². The summed E-state index contributed by atoms with van der Waals surface area (Å²) >= 11 is 3.40.